The van der Waals surface area contributed by atoms with Gasteiger partial charge in [-0.2, -0.15) is 5.10 Å². The minimum atomic E-state index is 0.105. The molecule has 0 N–H and O–H groups in total. The van der Waals surface area contributed by atoms with Gasteiger partial charge in [0.1, 0.15) is 5.75 Å². The molecule has 3 nitrogen and oxygen atoms in total. The van der Waals surface area contributed by atoms with Gasteiger partial charge in [-0.15, -0.1) is 0 Å². The summed E-state index contributed by atoms with van der Waals surface area (Å²) in [5.41, 5.74) is 2.46. The second kappa shape index (κ2) is 3.26. The Morgan fingerprint density at radius 1 is 1.33 bits per heavy atom. The molecule has 0 aliphatic carbocycles. The van der Waals surface area contributed by atoms with Gasteiger partial charge in [0.25, 0.3) is 0 Å². The molecule has 0 bridgehead atoms. The van der Waals surface area contributed by atoms with Crippen molar-refractivity contribution >= 4 is 5.52 Å². The van der Waals surface area contributed by atoms with Crippen molar-refractivity contribution in [3.8, 4) is 5.75 Å². The maximum absolute atomic E-state index is 5.22. The fraction of sp³-hybridized carbons (Fsp3) is 0.417. The number of hydrogen-bond acceptors (Lipinski definition) is 2. The molecule has 80 valence electrons. The predicted molar refractivity (Wildman–Crippen MR) is 60.4 cm³/mol. The number of hydrogen-bond donors (Lipinski definition) is 0. The summed E-state index contributed by atoms with van der Waals surface area (Å²) in [7, 11) is 1.68. The van der Waals surface area contributed by atoms with Gasteiger partial charge in [0, 0.05) is 17.8 Å². The Morgan fingerprint density at radius 3 is 2.67 bits per heavy atom. The van der Waals surface area contributed by atoms with Gasteiger partial charge in [-0.05, 0) is 11.5 Å². The second-order valence-electron chi connectivity index (χ2n) is 4.70. The van der Waals surface area contributed by atoms with Gasteiger partial charge in [-0.25, -0.2) is 4.52 Å². The summed E-state index contributed by atoms with van der Waals surface area (Å²) in [5.74, 6) is 0.869. The first kappa shape index (κ1) is 10.0. The third-order valence-electron chi connectivity index (χ3n) is 2.54. The average Bonchev–Trinajstić information content (AvgIpc) is 2.59. The van der Waals surface area contributed by atoms with E-state index in [-0.39, 0.29) is 5.41 Å². The van der Waals surface area contributed by atoms with E-state index in [9.17, 15) is 0 Å². The molecule has 0 atom stereocenters. The van der Waals surface area contributed by atoms with E-state index in [0.29, 0.717) is 0 Å². The highest BCUT2D eigenvalue weighted by molar-refractivity contribution is 5.59. The normalized spacial score (nSPS) is 12.0. The topological polar surface area (TPSA) is 26.5 Å². The molecular formula is C12H16N2O. The highest BCUT2D eigenvalue weighted by atomic mass is 16.5. The van der Waals surface area contributed by atoms with Crippen LogP contribution in [0.1, 0.15) is 26.3 Å². The van der Waals surface area contributed by atoms with Crippen molar-refractivity contribution < 1.29 is 4.74 Å². The summed E-state index contributed by atoms with van der Waals surface area (Å²) in [6.07, 6.45) is 3.85. The Balaban J connectivity index is 2.67. The predicted octanol–water partition coefficient (Wildman–Crippen LogP) is 2.64. The van der Waals surface area contributed by atoms with E-state index >= 15 is 0 Å². The Labute approximate surface area is 89.7 Å². The van der Waals surface area contributed by atoms with Crippen LogP contribution in [0.5, 0.6) is 5.75 Å². The summed E-state index contributed by atoms with van der Waals surface area (Å²) >= 11 is 0. The zero-order valence-electron chi connectivity index (χ0n) is 9.61. The van der Waals surface area contributed by atoms with Crippen molar-refractivity contribution in [3.05, 3.63) is 30.1 Å². The molecule has 2 aromatic rings. The third-order valence-corrected chi connectivity index (χ3v) is 2.54. The van der Waals surface area contributed by atoms with E-state index in [1.165, 1.54) is 5.56 Å². The van der Waals surface area contributed by atoms with Gasteiger partial charge in [0.05, 0.1) is 18.8 Å². The Bertz CT molecular complexity index is 480. The Kier molecular flexibility index (Phi) is 2.18. The largest absolute Gasteiger partial charge is 0.497 e. The molecule has 0 aromatic carbocycles. The van der Waals surface area contributed by atoms with Crippen LogP contribution in [0, 0.1) is 0 Å². The minimum Gasteiger partial charge on any atom is -0.497 e. The summed E-state index contributed by atoms with van der Waals surface area (Å²) in [5, 5.41) is 4.32. The van der Waals surface area contributed by atoms with Gasteiger partial charge in [0.15, 0.2) is 0 Å². The smallest absolute Gasteiger partial charge is 0.122 e. The third kappa shape index (κ3) is 1.69. The lowest BCUT2D eigenvalue weighted by molar-refractivity contribution is 0.414. The number of fused-ring (bicyclic) bond motifs is 1. The number of aromatic nitrogens is 2. The average molecular weight is 204 g/mol. The highest BCUT2D eigenvalue weighted by Gasteiger charge is 2.18. The number of methoxy groups -OCH3 is 1. The second-order valence-corrected chi connectivity index (χ2v) is 4.70. The van der Waals surface area contributed by atoms with Crippen molar-refractivity contribution in [1.82, 2.24) is 9.61 Å². The van der Waals surface area contributed by atoms with Crippen molar-refractivity contribution in [2.75, 3.05) is 7.11 Å². The van der Waals surface area contributed by atoms with E-state index < -0.39 is 0 Å². The van der Waals surface area contributed by atoms with E-state index in [1.54, 1.807) is 7.11 Å². The molecule has 0 saturated heterocycles. The zero-order chi connectivity index (χ0) is 11.1. The Morgan fingerprint density at radius 2 is 2.07 bits per heavy atom. The molecule has 2 heterocycles. The molecule has 2 aromatic heterocycles. The molecule has 2 rings (SSSR count). The zero-order valence-corrected chi connectivity index (χ0v) is 9.61. The van der Waals surface area contributed by atoms with E-state index in [2.05, 4.69) is 25.9 Å². The van der Waals surface area contributed by atoms with Crippen molar-refractivity contribution in [1.29, 1.82) is 0 Å². The summed E-state index contributed by atoms with van der Waals surface area (Å²) < 4.78 is 7.10. The molecule has 0 saturated carbocycles. The Hall–Kier alpha value is -1.51. The van der Waals surface area contributed by atoms with Crippen molar-refractivity contribution in [2.45, 2.75) is 26.2 Å². The monoisotopic (exact) mass is 204 g/mol. The van der Waals surface area contributed by atoms with E-state index in [4.69, 9.17) is 4.74 Å². The van der Waals surface area contributed by atoms with Crippen molar-refractivity contribution in [3.63, 3.8) is 0 Å². The lowest BCUT2D eigenvalue weighted by Crippen LogP contribution is -2.10. The maximum Gasteiger partial charge on any atom is 0.122 e. The lowest BCUT2D eigenvalue weighted by Gasteiger charge is -2.16. The van der Waals surface area contributed by atoms with Crippen LogP contribution in [-0.4, -0.2) is 16.7 Å². The van der Waals surface area contributed by atoms with E-state index in [0.717, 1.165) is 11.3 Å². The van der Waals surface area contributed by atoms with Gasteiger partial charge in [-0.1, -0.05) is 20.8 Å². The number of pyridine rings is 1. The van der Waals surface area contributed by atoms with Crippen LogP contribution in [0.3, 0.4) is 0 Å². The van der Waals surface area contributed by atoms with Crippen molar-refractivity contribution in [2.24, 2.45) is 0 Å². The molecule has 0 amide bonds. The molecule has 0 unspecified atom stereocenters. The first-order valence-electron chi connectivity index (χ1n) is 5.04. The van der Waals surface area contributed by atoms with Crippen LogP contribution in [0.4, 0.5) is 0 Å². The van der Waals surface area contributed by atoms with Crippen LogP contribution in [0.25, 0.3) is 5.52 Å². The number of rotatable bonds is 1. The van der Waals surface area contributed by atoms with Crippen LogP contribution < -0.4 is 4.74 Å². The molecule has 0 radical (unpaired) electrons. The fourth-order valence-corrected chi connectivity index (χ4v) is 1.67. The van der Waals surface area contributed by atoms with Gasteiger partial charge < -0.3 is 4.74 Å². The van der Waals surface area contributed by atoms with Crippen LogP contribution in [-0.2, 0) is 5.41 Å². The lowest BCUT2D eigenvalue weighted by atomic mass is 9.88. The highest BCUT2D eigenvalue weighted by Crippen LogP contribution is 2.28. The van der Waals surface area contributed by atoms with Gasteiger partial charge in [-0.3, -0.25) is 0 Å². The maximum atomic E-state index is 5.22. The minimum absolute atomic E-state index is 0.105. The molecule has 0 aliphatic heterocycles. The SMILES string of the molecule is COc1ccn2ncc(C(C)(C)C)c2c1. The van der Waals surface area contributed by atoms with Gasteiger partial charge >= 0.3 is 0 Å². The fourth-order valence-electron chi connectivity index (χ4n) is 1.67. The molecule has 0 spiro atoms. The molecular weight excluding hydrogens is 188 g/mol. The number of nitrogens with zero attached hydrogens (tertiary/aromatic N) is 2. The first-order valence-corrected chi connectivity index (χ1v) is 5.04. The standard InChI is InChI=1S/C12H16N2O/c1-12(2,3)10-8-13-14-6-5-9(15-4)7-11(10)14/h5-8H,1-4H3. The summed E-state index contributed by atoms with van der Waals surface area (Å²) in [6.45, 7) is 6.55. The van der Waals surface area contributed by atoms with Crippen LogP contribution >= 0.6 is 0 Å². The quantitative estimate of drug-likeness (QED) is 0.714. The molecule has 3 heteroatoms. The van der Waals surface area contributed by atoms with Crippen LogP contribution in [0.15, 0.2) is 24.5 Å². The summed E-state index contributed by atoms with van der Waals surface area (Å²) in [6, 6.07) is 3.93. The van der Waals surface area contributed by atoms with Gasteiger partial charge in [0.2, 0.25) is 0 Å². The first-order chi connectivity index (χ1) is 7.02. The van der Waals surface area contributed by atoms with Crippen LogP contribution in [0.2, 0.25) is 0 Å². The molecule has 15 heavy (non-hydrogen) atoms. The molecule has 0 fully saturated rings. The number of ether oxygens (including phenoxy) is 1. The van der Waals surface area contributed by atoms with E-state index in [1.807, 2.05) is 29.0 Å². The molecule has 0 aliphatic rings. The summed E-state index contributed by atoms with van der Waals surface area (Å²) in [4.78, 5) is 0.